The van der Waals surface area contributed by atoms with Crippen molar-refractivity contribution in [3.63, 3.8) is 0 Å². The number of carboxylic acid groups (broad SMARTS) is 1. The lowest BCUT2D eigenvalue weighted by atomic mass is 9.72. The summed E-state index contributed by atoms with van der Waals surface area (Å²) in [7, 11) is 0. The molecule has 2 unspecified atom stereocenters. The Balaban J connectivity index is 2.66. The van der Waals surface area contributed by atoms with Crippen molar-refractivity contribution in [1.82, 2.24) is 0 Å². The summed E-state index contributed by atoms with van der Waals surface area (Å²) >= 11 is 0. The van der Waals surface area contributed by atoms with Crippen molar-refractivity contribution in [2.75, 3.05) is 0 Å². The zero-order valence-corrected chi connectivity index (χ0v) is 16.5. The van der Waals surface area contributed by atoms with E-state index in [1.807, 2.05) is 19.9 Å². The predicted octanol–water partition coefficient (Wildman–Crippen LogP) is 5.65. The second-order valence-electron chi connectivity index (χ2n) is 7.67. The number of phenols is 1. The van der Waals surface area contributed by atoms with Gasteiger partial charge in [0, 0.05) is 17.0 Å². The van der Waals surface area contributed by atoms with Crippen LogP contribution in [-0.4, -0.2) is 22.5 Å². The van der Waals surface area contributed by atoms with Gasteiger partial charge in [-0.05, 0) is 57.1 Å². The monoisotopic (exact) mass is 370 g/mol. The van der Waals surface area contributed by atoms with Crippen LogP contribution in [0.3, 0.4) is 0 Å². The van der Waals surface area contributed by atoms with Gasteiger partial charge in [-0.3, -0.25) is 4.79 Å². The van der Waals surface area contributed by atoms with Crippen molar-refractivity contribution in [2.24, 2.45) is 5.92 Å². The summed E-state index contributed by atoms with van der Waals surface area (Å²) in [5.74, 6) is -1.58. The summed E-state index contributed by atoms with van der Waals surface area (Å²) in [6.45, 7) is 10.1. The van der Waals surface area contributed by atoms with E-state index in [1.165, 1.54) is 5.57 Å². The molecule has 146 valence electrons. The molecule has 0 aromatic heterocycles. The summed E-state index contributed by atoms with van der Waals surface area (Å²) in [6.07, 6.45) is 7.94. The molecule has 1 aromatic rings. The van der Waals surface area contributed by atoms with Crippen molar-refractivity contribution < 1.29 is 19.8 Å². The van der Waals surface area contributed by atoms with Crippen LogP contribution in [0.2, 0.25) is 0 Å². The van der Waals surface area contributed by atoms with Crippen molar-refractivity contribution in [1.29, 1.82) is 0 Å². The zero-order chi connectivity index (χ0) is 20.1. The van der Waals surface area contributed by atoms with E-state index in [0.717, 1.165) is 44.0 Å². The van der Waals surface area contributed by atoms with E-state index in [-0.39, 0.29) is 23.1 Å². The number of carbonyl (C=O) groups excluding carboxylic acids is 1. The van der Waals surface area contributed by atoms with E-state index < -0.39 is 5.97 Å². The summed E-state index contributed by atoms with van der Waals surface area (Å²) < 4.78 is 0. The number of hydrogen-bond donors (Lipinski definition) is 2. The molecule has 1 aromatic carbocycles. The Morgan fingerprint density at radius 1 is 1.37 bits per heavy atom. The minimum Gasteiger partial charge on any atom is -0.507 e. The molecular formula is C23H30O4. The lowest BCUT2D eigenvalue weighted by Gasteiger charge is -2.32. The van der Waals surface area contributed by atoms with Gasteiger partial charge >= 0.3 is 5.97 Å². The third-order valence-electron chi connectivity index (χ3n) is 5.56. The number of aromatic hydroxyl groups is 1. The average Bonchev–Trinajstić information content (AvgIpc) is 2.60. The topological polar surface area (TPSA) is 74.6 Å². The van der Waals surface area contributed by atoms with Crippen LogP contribution in [0.15, 0.2) is 29.9 Å². The van der Waals surface area contributed by atoms with Crippen LogP contribution >= 0.6 is 0 Å². The first-order valence-electron chi connectivity index (χ1n) is 9.71. The maximum Gasteiger partial charge on any atom is 0.339 e. The van der Waals surface area contributed by atoms with Crippen LogP contribution in [0.1, 0.15) is 90.6 Å². The van der Waals surface area contributed by atoms with Gasteiger partial charge in [-0.1, -0.05) is 43.6 Å². The van der Waals surface area contributed by atoms with Crippen molar-refractivity contribution in [3.05, 3.63) is 52.1 Å². The van der Waals surface area contributed by atoms with Gasteiger partial charge in [0.25, 0.3) is 0 Å². The Labute approximate surface area is 161 Å². The molecule has 1 aliphatic carbocycles. The highest BCUT2D eigenvalue weighted by molar-refractivity contribution is 5.95. The Morgan fingerprint density at radius 2 is 2.07 bits per heavy atom. The van der Waals surface area contributed by atoms with Gasteiger partial charge in [0.15, 0.2) is 0 Å². The minimum atomic E-state index is -1.15. The van der Waals surface area contributed by atoms with E-state index in [9.17, 15) is 19.8 Å². The highest BCUT2D eigenvalue weighted by atomic mass is 16.4. The fourth-order valence-electron chi connectivity index (χ4n) is 4.12. The normalized spacial score (nSPS) is 19.4. The van der Waals surface area contributed by atoms with Crippen LogP contribution in [-0.2, 0) is 6.42 Å². The molecule has 1 aliphatic rings. The molecule has 0 radical (unpaired) electrons. The summed E-state index contributed by atoms with van der Waals surface area (Å²) in [5, 5.41) is 20.7. The predicted molar refractivity (Wildman–Crippen MR) is 108 cm³/mol. The molecule has 0 saturated heterocycles. The molecule has 27 heavy (non-hydrogen) atoms. The summed E-state index contributed by atoms with van der Waals surface area (Å²) in [5.41, 5.74) is 3.42. The second kappa shape index (κ2) is 9.03. The molecule has 0 heterocycles. The Kier molecular flexibility index (Phi) is 7.00. The number of rotatable bonds is 8. The number of aldehydes is 1. The lowest BCUT2D eigenvalue weighted by Crippen LogP contribution is -2.20. The highest BCUT2D eigenvalue weighted by Crippen LogP contribution is 2.45. The quantitative estimate of drug-likeness (QED) is 0.352. The Morgan fingerprint density at radius 3 is 2.63 bits per heavy atom. The minimum absolute atomic E-state index is 0.0659. The molecule has 0 spiro atoms. The molecule has 2 atom stereocenters. The van der Waals surface area contributed by atoms with Crippen molar-refractivity contribution >= 4 is 12.3 Å². The third-order valence-corrected chi connectivity index (χ3v) is 5.56. The lowest BCUT2D eigenvalue weighted by molar-refractivity contribution is 0.0691. The smallest absolute Gasteiger partial charge is 0.339 e. The van der Waals surface area contributed by atoms with Gasteiger partial charge < -0.3 is 10.2 Å². The number of carbonyl (C=O) groups is 2. The van der Waals surface area contributed by atoms with Crippen LogP contribution < -0.4 is 0 Å². The van der Waals surface area contributed by atoms with Crippen LogP contribution in [0.5, 0.6) is 5.75 Å². The Bertz CT molecular complexity index is 773. The molecule has 0 amide bonds. The van der Waals surface area contributed by atoms with Gasteiger partial charge in [0.2, 0.25) is 0 Å². The Hall–Kier alpha value is -2.36. The number of hydrogen-bond acceptors (Lipinski definition) is 3. The SMILES string of the molecule is C=C(C)C1CCC(C)=CC1c1c(C=O)cc(CCCCC)c(C(=O)O)c1O. The van der Waals surface area contributed by atoms with Crippen molar-refractivity contribution in [2.45, 2.75) is 65.2 Å². The summed E-state index contributed by atoms with van der Waals surface area (Å²) in [4.78, 5) is 23.8. The van der Waals surface area contributed by atoms with E-state index in [0.29, 0.717) is 23.1 Å². The molecular weight excluding hydrogens is 340 g/mol. The van der Waals surface area contributed by atoms with E-state index >= 15 is 0 Å². The van der Waals surface area contributed by atoms with Crippen LogP contribution in [0.4, 0.5) is 0 Å². The standard InChI is InChI=1S/C23H30O4/c1-5-6-7-8-16-12-17(13-24)20(22(25)21(16)23(26)27)19-11-15(4)9-10-18(19)14(2)3/h11-13,18-19,25H,2,5-10H2,1,3-4H3,(H,26,27). The molecule has 0 bridgehead atoms. The maximum atomic E-state index is 11.9. The van der Waals surface area contributed by atoms with E-state index in [4.69, 9.17) is 0 Å². The first kappa shape index (κ1) is 20.9. The fraction of sp³-hybridized carbons (Fsp3) is 0.478. The molecule has 0 saturated carbocycles. The first-order valence-corrected chi connectivity index (χ1v) is 9.71. The molecule has 0 fully saturated rings. The number of benzene rings is 1. The summed E-state index contributed by atoms with van der Waals surface area (Å²) in [6, 6.07) is 1.66. The van der Waals surface area contributed by atoms with Crippen molar-refractivity contribution in [3.8, 4) is 5.75 Å². The van der Waals surface area contributed by atoms with Gasteiger partial charge in [0.05, 0.1) is 0 Å². The number of carboxylic acids is 1. The van der Waals surface area contributed by atoms with Gasteiger partial charge in [-0.25, -0.2) is 4.79 Å². The second-order valence-corrected chi connectivity index (χ2v) is 7.67. The van der Waals surface area contributed by atoms with Gasteiger partial charge in [-0.2, -0.15) is 0 Å². The molecule has 0 aliphatic heterocycles. The largest absolute Gasteiger partial charge is 0.507 e. The van der Waals surface area contributed by atoms with Gasteiger partial charge in [0.1, 0.15) is 17.6 Å². The zero-order valence-electron chi connectivity index (χ0n) is 16.5. The number of aromatic carboxylic acids is 1. The molecule has 4 nitrogen and oxygen atoms in total. The number of allylic oxidation sites excluding steroid dienone is 3. The maximum absolute atomic E-state index is 11.9. The van der Waals surface area contributed by atoms with E-state index in [2.05, 4.69) is 13.5 Å². The van der Waals surface area contributed by atoms with E-state index in [1.54, 1.807) is 6.07 Å². The average molecular weight is 370 g/mol. The molecule has 4 heteroatoms. The van der Waals surface area contributed by atoms with Crippen LogP contribution in [0, 0.1) is 5.92 Å². The fourth-order valence-corrected chi connectivity index (χ4v) is 4.12. The van der Waals surface area contributed by atoms with Gasteiger partial charge in [-0.15, -0.1) is 0 Å². The van der Waals surface area contributed by atoms with Crippen LogP contribution in [0.25, 0.3) is 0 Å². The first-order chi connectivity index (χ1) is 12.8. The number of unbranched alkanes of at least 4 members (excludes halogenated alkanes) is 2. The third kappa shape index (κ3) is 4.49. The highest BCUT2D eigenvalue weighted by Gasteiger charge is 2.32. The molecule has 2 rings (SSSR count). The molecule has 2 N–H and O–H groups in total. The number of aryl methyl sites for hydroxylation is 1.